The van der Waals surface area contributed by atoms with E-state index in [2.05, 4.69) is 15.5 Å². The molecule has 27 heavy (non-hydrogen) atoms. The van der Waals surface area contributed by atoms with Crippen LogP contribution < -0.4 is 0 Å². The van der Waals surface area contributed by atoms with Gasteiger partial charge < -0.3 is 4.74 Å². The highest BCUT2D eigenvalue weighted by Crippen LogP contribution is 2.30. The number of esters is 1. The first-order valence-electron chi connectivity index (χ1n) is 7.93. The van der Waals surface area contributed by atoms with Crippen LogP contribution in [0.3, 0.4) is 0 Å². The molecule has 1 aliphatic carbocycles. The standard InChI is InChI=1S/C16H15ClN4O5S/c1-27(24,25)14-6-5-12(15(17)13(14)8-21-9-18-19-20-21)16(23)26-11-4-2-3-10(22)7-11/h5-7,9H,2-4,8H2,1H3. The Morgan fingerprint density at radius 2 is 2.11 bits per heavy atom. The third-order valence-electron chi connectivity index (χ3n) is 3.92. The molecule has 9 nitrogen and oxygen atoms in total. The van der Waals surface area contributed by atoms with Gasteiger partial charge in [-0.3, -0.25) is 4.79 Å². The molecule has 0 N–H and O–H groups in total. The molecule has 142 valence electrons. The third-order valence-corrected chi connectivity index (χ3v) is 5.54. The number of aromatic nitrogens is 4. The van der Waals surface area contributed by atoms with Crippen molar-refractivity contribution in [1.29, 1.82) is 0 Å². The molecule has 0 atom stereocenters. The van der Waals surface area contributed by atoms with E-state index in [9.17, 15) is 18.0 Å². The van der Waals surface area contributed by atoms with Crippen LogP contribution in [0.25, 0.3) is 0 Å². The molecule has 11 heteroatoms. The second-order valence-electron chi connectivity index (χ2n) is 6.00. The van der Waals surface area contributed by atoms with Crippen LogP contribution in [0.2, 0.25) is 5.02 Å². The first-order chi connectivity index (χ1) is 12.8. The van der Waals surface area contributed by atoms with Crippen molar-refractivity contribution in [3.63, 3.8) is 0 Å². The average Bonchev–Trinajstić information content (AvgIpc) is 3.08. The summed E-state index contributed by atoms with van der Waals surface area (Å²) in [6.45, 7) is -0.0451. The Bertz CT molecular complexity index is 1030. The van der Waals surface area contributed by atoms with E-state index in [4.69, 9.17) is 16.3 Å². The normalized spacial score (nSPS) is 14.7. The number of nitrogens with zero attached hydrogens (tertiary/aromatic N) is 4. The minimum Gasteiger partial charge on any atom is -0.427 e. The van der Waals surface area contributed by atoms with Gasteiger partial charge in [-0.1, -0.05) is 11.6 Å². The number of hydrogen-bond donors (Lipinski definition) is 0. The summed E-state index contributed by atoms with van der Waals surface area (Å²) in [6, 6.07) is 2.58. The lowest BCUT2D eigenvalue weighted by molar-refractivity contribution is -0.115. The first kappa shape index (κ1) is 19.2. The monoisotopic (exact) mass is 410 g/mol. The predicted molar refractivity (Wildman–Crippen MR) is 93.8 cm³/mol. The molecular weight excluding hydrogens is 396 g/mol. The van der Waals surface area contributed by atoms with Crippen molar-refractivity contribution in [3.8, 4) is 0 Å². The fourth-order valence-electron chi connectivity index (χ4n) is 2.69. The fourth-order valence-corrected chi connectivity index (χ4v) is 3.97. The van der Waals surface area contributed by atoms with E-state index in [1.54, 1.807) is 0 Å². The van der Waals surface area contributed by atoms with E-state index in [0.717, 1.165) is 6.26 Å². The van der Waals surface area contributed by atoms with Crippen LogP contribution in [-0.4, -0.2) is 46.6 Å². The fraction of sp³-hybridized carbons (Fsp3) is 0.312. The van der Waals surface area contributed by atoms with E-state index in [1.165, 1.54) is 29.2 Å². The van der Waals surface area contributed by atoms with Gasteiger partial charge in [-0.05, 0) is 29.0 Å². The maximum absolute atomic E-state index is 12.5. The second-order valence-corrected chi connectivity index (χ2v) is 8.37. The van der Waals surface area contributed by atoms with Crippen molar-refractivity contribution in [2.24, 2.45) is 0 Å². The lowest BCUT2D eigenvalue weighted by Gasteiger charge is -2.15. The van der Waals surface area contributed by atoms with Crippen LogP contribution in [0.1, 0.15) is 35.2 Å². The van der Waals surface area contributed by atoms with Crippen molar-refractivity contribution in [3.05, 3.63) is 46.4 Å². The van der Waals surface area contributed by atoms with Gasteiger partial charge in [-0.25, -0.2) is 17.9 Å². The minimum absolute atomic E-state index is 0.00827. The number of hydrogen-bond acceptors (Lipinski definition) is 8. The van der Waals surface area contributed by atoms with Gasteiger partial charge >= 0.3 is 5.97 Å². The van der Waals surface area contributed by atoms with E-state index < -0.39 is 15.8 Å². The Morgan fingerprint density at radius 3 is 2.74 bits per heavy atom. The zero-order valence-electron chi connectivity index (χ0n) is 14.3. The summed E-state index contributed by atoms with van der Waals surface area (Å²) in [5.41, 5.74) is 0.167. The van der Waals surface area contributed by atoms with Crippen molar-refractivity contribution in [2.75, 3.05) is 6.26 Å². The molecule has 0 saturated carbocycles. The Balaban J connectivity index is 1.99. The molecule has 0 fully saturated rings. The van der Waals surface area contributed by atoms with E-state index in [1.807, 2.05) is 0 Å². The highest BCUT2D eigenvalue weighted by molar-refractivity contribution is 7.90. The number of rotatable bonds is 5. The second kappa shape index (κ2) is 7.57. The molecule has 0 amide bonds. The van der Waals surface area contributed by atoms with Crippen molar-refractivity contribution in [1.82, 2.24) is 20.2 Å². The van der Waals surface area contributed by atoms with Gasteiger partial charge in [0, 0.05) is 30.7 Å². The number of carbonyl (C=O) groups excluding carboxylic acids is 2. The van der Waals surface area contributed by atoms with Gasteiger partial charge in [0.1, 0.15) is 12.1 Å². The van der Waals surface area contributed by atoms with Crippen molar-refractivity contribution in [2.45, 2.75) is 30.7 Å². The predicted octanol–water partition coefficient (Wildman–Crippen LogP) is 1.57. The topological polar surface area (TPSA) is 121 Å². The smallest absolute Gasteiger partial charge is 0.344 e. The maximum atomic E-state index is 12.5. The Hall–Kier alpha value is -2.59. The number of tetrazole rings is 1. The summed E-state index contributed by atoms with van der Waals surface area (Å²) in [6.07, 6.45) is 5.12. The molecule has 2 aromatic rings. The van der Waals surface area contributed by atoms with Gasteiger partial charge in [0.15, 0.2) is 15.6 Å². The number of carbonyl (C=O) groups is 2. The van der Waals surface area contributed by atoms with Crippen LogP contribution >= 0.6 is 11.6 Å². The molecule has 0 spiro atoms. The van der Waals surface area contributed by atoms with Gasteiger partial charge in [-0.15, -0.1) is 5.10 Å². The van der Waals surface area contributed by atoms with Crippen LogP contribution in [0, 0.1) is 0 Å². The summed E-state index contributed by atoms with van der Waals surface area (Å²) < 4.78 is 30.7. The Labute approximate surface area is 159 Å². The zero-order chi connectivity index (χ0) is 19.6. The van der Waals surface area contributed by atoms with Crippen LogP contribution in [0.5, 0.6) is 0 Å². The van der Waals surface area contributed by atoms with Crippen molar-refractivity contribution < 1.29 is 22.7 Å². The summed E-state index contributed by atoms with van der Waals surface area (Å²) in [5.74, 6) is -0.609. The molecule has 1 heterocycles. The quantitative estimate of drug-likeness (QED) is 0.681. The SMILES string of the molecule is CS(=O)(=O)c1ccc(C(=O)OC2=CC(=O)CCC2)c(Cl)c1Cn1cnnn1. The highest BCUT2D eigenvalue weighted by Gasteiger charge is 2.24. The van der Waals surface area contributed by atoms with Crippen molar-refractivity contribution >= 4 is 33.2 Å². The lowest BCUT2D eigenvalue weighted by Crippen LogP contribution is -2.14. The maximum Gasteiger partial charge on any atom is 0.344 e. The zero-order valence-corrected chi connectivity index (χ0v) is 15.8. The third kappa shape index (κ3) is 4.40. The number of sulfone groups is 1. The average molecular weight is 411 g/mol. The molecular formula is C16H15ClN4O5S. The van der Waals surface area contributed by atoms with Gasteiger partial charge in [0.25, 0.3) is 0 Å². The van der Waals surface area contributed by atoms with E-state index in [0.29, 0.717) is 19.3 Å². The summed E-state index contributed by atoms with van der Waals surface area (Å²) in [7, 11) is -3.61. The number of benzene rings is 1. The number of ketones is 1. The summed E-state index contributed by atoms with van der Waals surface area (Å²) >= 11 is 6.34. The van der Waals surface area contributed by atoms with Crippen LogP contribution in [-0.2, 0) is 25.9 Å². The summed E-state index contributed by atoms with van der Waals surface area (Å²) in [5, 5.41) is 10.6. The van der Waals surface area contributed by atoms with E-state index in [-0.39, 0.29) is 39.1 Å². The Morgan fingerprint density at radius 1 is 1.33 bits per heavy atom. The number of halogens is 1. The van der Waals surface area contributed by atoms with Crippen LogP contribution in [0.15, 0.2) is 35.2 Å². The Kier molecular flexibility index (Phi) is 5.38. The van der Waals surface area contributed by atoms with Crippen LogP contribution in [0.4, 0.5) is 0 Å². The minimum atomic E-state index is -3.61. The molecule has 0 radical (unpaired) electrons. The molecule has 0 bridgehead atoms. The molecule has 1 aromatic heterocycles. The molecule has 1 aromatic carbocycles. The molecule has 0 aliphatic heterocycles. The molecule has 3 rings (SSSR count). The molecule has 1 aliphatic rings. The highest BCUT2D eigenvalue weighted by atomic mass is 35.5. The number of ether oxygens (including phenoxy) is 1. The van der Waals surface area contributed by atoms with E-state index >= 15 is 0 Å². The van der Waals surface area contributed by atoms with Gasteiger partial charge in [0.05, 0.1) is 22.0 Å². The first-order valence-corrected chi connectivity index (χ1v) is 10.2. The van der Waals surface area contributed by atoms with Gasteiger partial charge in [0.2, 0.25) is 0 Å². The largest absolute Gasteiger partial charge is 0.427 e. The molecule has 0 saturated heterocycles. The summed E-state index contributed by atoms with van der Waals surface area (Å²) in [4.78, 5) is 23.9. The lowest BCUT2D eigenvalue weighted by atomic mass is 10.1. The van der Waals surface area contributed by atoms with Gasteiger partial charge in [-0.2, -0.15) is 0 Å². The number of allylic oxidation sites excluding steroid dienone is 2. The molecule has 0 unspecified atom stereocenters.